The van der Waals surface area contributed by atoms with Gasteiger partial charge in [-0.3, -0.25) is 4.18 Å². The van der Waals surface area contributed by atoms with Crippen LogP contribution in [-0.2, 0) is 14.3 Å². The highest BCUT2D eigenvalue weighted by molar-refractivity contribution is 7.86. The first kappa shape index (κ1) is 16.6. The van der Waals surface area contributed by atoms with E-state index in [1.807, 2.05) is 0 Å². The Morgan fingerprint density at radius 1 is 1.12 bits per heavy atom. The Morgan fingerprint density at radius 2 is 1.83 bits per heavy atom. The van der Waals surface area contributed by atoms with Crippen molar-refractivity contribution in [1.29, 1.82) is 0 Å². The Labute approximate surface area is 144 Å². The molecule has 5 heteroatoms. The van der Waals surface area contributed by atoms with Gasteiger partial charge in [0, 0.05) is 0 Å². The number of hydrogen-bond acceptors (Lipinski definition) is 4. The third-order valence-electron chi connectivity index (χ3n) is 6.97. The summed E-state index contributed by atoms with van der Waals surface area (Å²) in [5.41, 5.74) is 0. The highest BCUT2D eigenvalue weighted by Crippen LogP contribution is 2.68. The molecule has 0 spiro atoms. The summed E-state index contributed by atoms with van der Waals surface area (Å²) in [7, 11) is -3.71. The van der Waals surface area contributed by atoms with Gasteiger partial charge in [0.1, 0.15) is 0 Å². The first-order chi connectivity index (χ1) is 11.5. The fraction of sp³-hybridized carbons (Fsp3) is 0.684. The predicted molar refractivity (Wildman–Crippen MR) is 90.6 cm³/mol. The normalized spacial score (nSPS) is 43.5. The zero-order valence-electron chi connectivity index (χ0n) is 14.2. The minimum absolute atomic E-state index is 0.167. The van der Waals surface area contributed by atoms with Gasteiger partial charge in [-0.25, -0.2) is 0 Å². The van der Waals surface area contributed by atoms with E-state index in [0.29, 0.717) is 29.6 Å². The fourth-order valence-electron chi connectivity index (χ4n) is 6.14. The number of aliphatic hydroxyl groups is 1. The van der Waals surface area contributed by atoms with Crippen molar-refractivity contribution < 1.29 is 17.7 Å². The SMILES string of the molecule is CCC1C2CC(C)C3C(COS(=O)(=O)c4ccccc4)C(C2O)[C@H]13. The molecule has 1 N–H and O–H groups in total. The standard InChI is InChI=1S/C19H26O4S/c1-3-13-14-9-11(2)16-15(18(17(13)16)19(14)20)10-23-24(21,22)12-7-5-4-6-8-12/h4-8,11,13-20H,3,9-10H2,1-2H3/t11?,13?,14?,15?,16?,17-,18?,19?/m1/s1. The smallest absolute Gasteiger partial charge is 0.296 e. The van der Waals surface area contributed by atoms with E-state index in [9.17, 15) is 13.5 Å². The van der Waals surface area contributed by atoms with Gasteiger partial charge in [0.05, 0.1) is 17.6 Å². The fourth-order valence-corrected chi connectivity index (χ4v) is 7.10. The Hall–Kier alpha value is -0.910. The van der Waals surface area contributed by atoms with Gasteiger partial charge in [-0.05, 0) is 60.0 Å². The molecule has 0 amide bonds. The molecule has 24 heavy (non-hydrogen) atoms. The van der Waals surface area contributed by atoms with Gasteiger partial charge in [-0.2, -0.15) is 8.42 Å². The lowest BCUT2D eigenvalue weighted by atomic mass is 9.50. The molecule has 0 heterocycles. The quantitative estimate of drug-likeness (QED) is 0.830. The summed E-state index contributed by atoms with van der Waals surface area (Å²) < 4.78 is 30.2. The molecular formula is C19H26O4S. The number of fused-ring (bicyclic) bond motifs is 1. The maximum absolute atomic E-state index is 12.4. The second-order valence-electron chi connectivity index (χ2n) is 7.89. The van der Waals surface area contributed by atoms with Gasteiger partial charge in [-0.15, -0.1) is 0 Å². The molecule has 3 fully saturated rings. The third-order valence-corrected chi connectivity index (χ3v) is 8.27. The number of hydrogen-bond donors (Lipinski definition) is 1. The molecule has 7 unspecified atom stereocenters. The van der Waals surface area contributed by atoms with E-state index in [0.717, 1.165) is 12.8 Å². The Kier molecular flexibility index (Phi) is 4.01. The van der Waals surface area contributed by atoms with Crippen molar-refractivity contribution >= 4 is 10.1 Å². The molecule has 4 nitrogen and oxygen atoms in total. The average molecular weight is 350 g/mol. The van der Waals surface area contributed by atoms with Crippen LogP contribution in [0.4, 0.5) is 0 Å². The summed E-state index contributed by atoms with van der Waals surface area (Å²) in [4.78, 5) is 0.205. The van der Waals surface area contributed by atoms with Crippen molar-refractivity contribution in [3.8, 4) is 0 Å². The van der Waals surface area contributed by atoms with E-state index >= 15 is 0 Å². The Balaban J connectivity index is 1.51. The monoisotopic (exact) mass is 350 g/mol. The van der Waals surface area contributed by atoms with Crippen LogP contribution < -0.4 is 0 Å². The van der Waals surface area contributed by atoms with Crippen LogP contribution in [0.1, 0.15) is 26.7 Å². The summed E-state index contributed by atoms with van der Waals surface area (Å²) in [6.07, 6.45) is 1.90. The maximum Gasteiger partial charge on any atom is 0.296 e. The molecule has 0 saturated heterocycles. The van der Waals surface area contributed by atoms with Gasteiger partial charge in [0.25, 0.3) is 10.1 Å². The summed E-state index contributed by atoms with van der Waals surface area (Å²) >= 11 is 0. The van der Waals surface area contributed by atoms with Gasteiger partial charge in [0.15, 0.2) is 0 Å². The molecule has 132 valence electrons. The van der Waals surface area contributed by atoms with Crippen molar-refractivity contribution in [2.24, 2.45) is 41.4 Å². The molecule has 0 aliphatic heterocycles. The molecule has 0 aromatic heterocycles. The van der Waals surface area contributed by atoms with Crippen LogP contribution >= 0.6 is 0 Å². The first-order valence-electron chi connectivity index (χ1n) is 9.08. The maximum atomic E-state index is 12.4. The largest absolute Gasteiger partial charge is 0.393 e. The van der Waals surface area contributed by atoms with Crippen molar-refractivity contribution in [1.82, 2.24) is 0 Å². The van der Waals surface area contributed by atoms with Crippen LogP contribution in [0.3, 0.4) is 0 Å². The lowest BCUT2D eigenvalue weighted by molar-refractivity contribution is -0.105. The van der Waals surface area contributed by atoms with E-state index in [1.165, 1.54) is 0 Å². The summed E-state index contributed by atoms with van der Waals surface area (Å²) in [5, 5.41) is 10.7. The number of aliphatic hydroxyl groups excluding tert-OH is 1. The van der Waals surface area contributed by atoms with Crippen LogP contribution in [0.2, 0.25) is 0 Å². The topological polar surface area (TPSA) is 63.6 Å². The third kappa shape index (κ3) is 2.28. The minimum Gasteiger partial charge on any atom is -0.393 e. The lowest BCUT2D eigenvalue weighted by Crippen LogP contribution is -2.54. The molecule has 2 bridgehead atoms. The van der Waals surface area contributed by atoms with Crippen molar-refractivity contribution in [3.05, 3.63) is 30.3 Å². The first-order valence-corrected chi connectivity index (χ1v) is 10.5. The van der Waals surface area contributed by atoms with Crippen LogP contribution in [0, 0.1) is 41.4 Å². The van der Waals surface area contributed by atoms with E-state index in [-0.39, 0.29) is 29.4 Å². The molecule has 0 radical (unpaired) electrons. The summed E-state index contributed by atoms with van der Waals surface area (Å²) in [6, 6.07) is 8.31. The van der Waals surface area contributed by atoms with Gasteiger partial charge in [-0.1, -0.05) is 38.5 Å². The molecule has 8 atom stereocenters. The van der Waals surface area contributed by atoms with Crippen molar-refractivity contribution in [3.63, 3.8) is 0 Å². The lowest BCUT2D eigenvalue weighted by Gasteiger charge is -2.55. The zero-order chi connectivity index (χ0) is 17.1. The second kappa shape index (κ2) is 5.82. The highest BCUT2D eigenvalue weighted by Gasteiger charge is 2.67. The van der Waals surface area contributed by atoms with Crippen molar-refractivity contribution in [2.75, 3.05) is 6.61 Å². The minimum atomic E-state index is -3.71. The van der Waals surface area contributed by atoms with Crippen molar-refractivity contribution in [2.45, 2.75) is 37.7 Å². The molecular weight excluding hydrogens is 324 g/mol. The van der Waals surface area contributed by atoms with E-state index in [4.69, 9.17) is 4.18 Å². The van der Waals surface area contributed by atoms with E-state index in [1.54, 1.807) is 30.3 Å². The zero-order valence-corrected chi connectivity index (χ0v) is 15.0. The highest BCUT2D eigenvalue weighted by atomic mass is 32.2. The predicted octanol–water partition coefficient (Wildman–Crippen LogP) is 2.93. The van der Waals surface area contributed by atoms with Crippen LogP contribution in [-0.4, -0.2) is 26.2 Å². The van der Waals surface area contributed by atoms with Crippen LogP contribution in [0.15, 0.2) is 35.2 Å². The summed E-state index contributed by atoms with van der Waals surface area (Å²) in [6.45, 7) is 4.67. The van der Waals surface area contributed by atoms with Gasteiger partial charge < -0.3 is 5.11 Å². The Bertz CT molecular complexity index is 695. The molecule has 3 saturated carbocycles. The average Bonchev–Trinajstić information content (AvgIpc) is 2.64. The second-order valence-corrected chi connectivity index (χ2v) is 9.50. The molecule has 1 aromatic rings. The molecule has 1 aromatic carbocycles. The molecule has 3 aliphatic carbocycles. The van der Waals surface area contributed by atoms with E-state index in [2.05, 4.69) is 13.8 Å². The van der Waals surface area contributed by atoms with Gasteiger partial charge in [0.2, 0.25) is 0 Å². The molecule has 4 rings (SSSR count). The van der Waals surface area contributed by atoms with E-state index < -0.39 is 10.1 Å². The Morgan fingerprint density at radius 3 is 2.50 bits per heavy atom. The van der Waals surface area contributed by atoms with Crippen LogP contribution in [0.5, 0.6) is 0 Å². The van der Waals surface area contributed by atoms with Crippen LogP contribution in [0.25, 0.3) is 0 Å². The summed E-state index contributed by atoms with van der Waals surface area (Å²) in [5.74, 6) is 3.00. The molecule has 3 aliphatic rings. The van der Waals surface area contributed by atoms with Gasteiger partial charge >= 0.3 is 0 Å². The number of rotatable bonds is 5. The number of benzene rings is 1.